The van der Waals surface area contributed by atoms with Crippen LogP contribution >= 0.6 is 0 Å². The van der Waals surface area contributed by atoms with Gasteiger partial charge in [-0.1, -0.05) is 36.4 Å². The maximum atomic E-state index is 13.4. The number of aliphatic hydroxyl groups excluding tert-OH is 1. The third kappa shape index (κ3) is 5.24. The first-order valence-corrected chi connectivity index (χ1v) is 10.8. The summed E-state index contributed by atoms with van der Waals surface area (Å²) in [5.41, 5.74) is 2.09. The summed E-state index contributed by atoms with van der Waals surface area (Å²) in [4.78, 5) is 26.6. The Bertz CT molecular complexity index is 1170. The van der Waals surface area contributed by atoms with Gasteiger partial charge >= 0.3 is 0 Å². The summed E-state index contributed by atoms with van der Waals surface area (Å²) < 4.78 is 24.2. The Morgan fingerprint density at radius 2 is 1.94 bits per heavy atom. The molecule has 2 unspecified atom stereocenters. The average Bonchev–Trinajstić information content (AvgIpc) is 2.85. The molecule has 2 amide bonds. The van der Waals surface area contributed by atoms with Gasteiger partial charge in [0.1, 0.15) is 24.3 Å². The smallest absolute Gasteiger partial charge is 0.255 e. The molecule has 0 radical (unpaired) electrons. The molecular formula is C26H25FN2O5. The van der Waals surface area contributed by atoms with E-state index in [0.717, 1.165) is 11.6 Å². The molecule has 3 aromatic carbocycles. The van der Waals surface area contributed by atoms with E-state index in [1.54, 1.807) is 36.3 Å². The van der Waals surface area contributed by atoms with Crippen LogP contribution in [-0.4, -0.2) is 48.2 Å². The minimum atomic E-state index is -1.01. The molecule has 0 bridgehead atoms. The number of ether oxygens (including phenoxy) is 2. The van der Waals surface area contributed by atoms with E-state index in [-0.39, 0.29) is 31.2 Å². The normalized spacial score (nSPS) is 16.7. The Morgan fingerprint density at radius 1 is 1.18 bits per heavy atom. The lowest BCUT2D eigenvalue weighted by atomic mass is 9.99. The van der Waals surface area contributed by atoms with Gasteiger partial charge in [0, 0.05) is 23.4 Å². The molecule has 0 saturated carbocycles. The summed E-state index contributed by atoms with van der Waals surface area (Å²) in [7, 11) is 1.57. The highest BCUT2D eigenvalue weighted by atomic mass is 19.1. The highest BCUT2D eigenvalue weighted by Crippen LogP contribution is 2.28. The number of carbonyl (C=O) groups excluding carboxylic acids is 2. The Hall–Kier alpha value is -3.75. The van der Waals surface area contributed by atoms with Crippen LogP contribution in [0.3, 0.4) is 0 Å². The fourth-order valence-electron chi connectivity index (χ4n) is 3.93. The number of carbonyl (C=O) groups is 2. The first kappa shape index (κ1) is 23.4. The number of hydrogen-bond donors (Lipinski definition) is 2. The molecule has 0 spiro atoms. The van der Waals surface area contributed by atoms with E-state index in [4.69, 9.17) is 9.47 Å². The van der Waals surface area contributed by atoms with E-state index in [1.165, 1.54) is 18.2 Å². The van der Waals surface area contributed by atoms with Crippen LogP contribution in [0.15, 0.2) is 72.8 Å². The summed E-state index contributed by atoms with van der Waals surface area (Å²) in [5, 5.41) is 13.8. The van der Waals surface area contributed by atoms with Gasteiger partial charge in [0.05, 0.1) is 19.8 Å². The number of benzene rings is 3. The fraction of sp³-hybridized carbons (Fsp3) is 0.231. The highest BCUT2D eigenvalue weighted by Gasteiger charge is 2.35. The lowest BCUT2D eigenvalue weighted by Gasteiger charge is -2.38. The van der Waals surface area contributed by atoms with Crippen LogP contribution in [0.5, 0.6) is 5.75 Å². The van der Waals surface area contributed by atoms with Crippen LogP contribution in [0.4, 0.5) is 10.1 Å². The number of rotatable bonds is 7. The number of hydrogen-bond acceptors (Lipinski definition) is 5. The molecule has 2 atom stereocenters. The molecule has 0 aromatic heterocycles. The van der Waals surface area contributed by atoms with Crippen LogP contribution in [0.1, 0.15) is 27.6 Å². The van der Waals surface area contributed by atoms with Crippen molar-refractivity contribution >= 4 is 17.5 Å². The number of methoxy groups -OCH3 is 1. The Labute approximate surface area is 196 Å². The zero-order chi connectivity index (χ0) is 24.1. The van der Waals surface area contributed by atoms with Crippen molar-refractivity contribution in [2.45, 2.75) is 18.7 Å². The number of morpholine rings is 1. The lowest BCUT2D eigenvalue weighted by Crippen LogP contribution is -2.51. The molecule has 0 aliphatic carbocycles. The molecule has 34 heavy (non-hydrogen) atoms. The molecule has 4 rings (SSSR count). The number of amides is 2. The van der Waals surface area contributed by atoms with E-state index < -0.39 is 23.9 Å². The van der Waals surface area contributed by atoms with Gasteiger partial charge < -0.3 is 24.8 Å². The maximum absolute atomic E-state index is 13.4. The molecule has 1 saturated heterocycles. The van der Waals surface area contributed by atoms with Crippen LogP contribution in [-0.2, 0) is 16.1 Å². The van der Waals surface area contributed by atoms with Crippen molar-refractivity contribution in [2.75, 3.05) is 25.6 Å². The number of aliphatic hydroxyl groups is 1. The molecule has 1 fully saturated rings. The third-order valence-electron chi connectivity index (χ3n) is 5.73. The number of anilines is 1. The van der Waals surface area contributed by atoms with Gasteiger partial charge in [0.25, 0.3) is 5.91 Å². The molecule has 7 nitrogen and oxygen atoms in total. The van der Waals surface area contributed by atoms with E-state index in [2.05, 4.69) is 5.32 Å². The van der Waals surface area contributed by atoms with Crippen molar-refractivity contribution < 1.29 is 28.6 Å². The molecule has 3 aromatic rings. The van der Waals surface area contributed by atoms with E-state index in [0.29, 0.717) is 17.0 Å². The van der Waals surface area contributed by atoms with Crippen molar-refractivity contribution in [3.63, 3.8) is 0 Å². The largest absolute Gasteiger partial charge is 0.496 e. The van der Waals surface area contributed by atoms with Gasteiger partial charge in [-0.3, -0.25) is 9.59 Å². The SMILES string of the molecule is COc1ccccc1CN1C(=O)COCC1C(O)c1ccc(NC(=O)c2cccc(F)c2)cc1. The highest BCUT2D eigenvalue weighted by molar-refractivity contribution is 6.04. The first-order valence-electron chi connectivity index (χ1n) is 10.8. The predicted octanol–water partition coefficient (Wildman–Crippen LogP) is 3.55. The monoisotopic (exact) mass is 464 g/mol. The second-order valence-electron chi connectivity index (χ2n) is 7.95. The van der Waals surface area contributed by atoms with Crippen LogP contribution in [0.25, 0.3) is 0 Å². The predicted molar refractivity (Wildman–Crippen MR) is 124 cm³/mol. The minimum absolute atomic E-state index is 0.0522. The van der Waals surface area contributed by atoms with Crippen molar-refractivity contribution in [3.05, 3.63) is 95.3 Å². The number of para-hydroxylation sites is 1. The zero-order valence-electron chi connectivity index (χ0n) is 18.6. The van der Waals surface area contributed by atoms with Gasteiger partial charge in [0.2, 0.25) is 5.91 Å². The summed E-state index contributed by atoms with van der Waals surface area (Å²) >= 11 is 0. The molecule has 1 aliphatic heterocycles. The van der Waals surface area contributed by atoms with Crippen LogP contribution in [0, 0.1) is 5.82 Å². The molecule has 8 heteroatoms. The molecule has 1 heterocycles. The molecule has 1 aliphatic rings. The van der Waals surface area contributed by atoms with Gasteiger partial charge in [-0.05, 0) is 42.0 Å². The van der Waals surface area contributed by atoms with Crippen LogP contribution < -0.4 is 10.1 Å². The van der Waals surface area contributed by atoms with E-state index in [1.807, 2.05) is 24.3 Å². The Balaban J connectivity index is 1.48. The van der Waals surface area contributed by atoms with Crippen molar-refractivity contribution in [3.8, 4) is 5.75 Å². The zero-order valence-corrected chi connectivity index (χ0v) is 18.6. The van der Waals surface area contributed by atoms with E-state index >= 15 is 0 Å². The maximum Gasteiger partial charge on any atom is 0.255 e. The number of nitrogens with zero attached hydrogens (tertiary/aromatic N) is 1. The van der Waals surface area contributed by atoms with E-state index in [9.17, 15) is 19.1 Å². The Kier molecular flexibility index (Phi) is 7.20. The average molecular weight is 464 g/mol. The Morgan fingerprint density at radius 3 is 2.68 bits per heavy atom. The topological polar surface area (TPSA) is 88.1 Å². The molecule has 2 N–H and O–H groups in total. The molecular weight excluding hydrogens is 439 g/mol. The van der Waals surface area contributed by atoms with Gasteiger partial charge in [0.15, 0.2) is 0 Å². The second-order valence-corrected chi connectivity index (χ2v) is 7.95. The van der Waals surface area contributed by atoms with Crippen LogP contribution in [0.2, 0.25) is 0 Å². The lowest BCUT2D eigenvalue weighted by molar-refractivity contribution is -0.155. The van der Waals surface area contributed by atoms with Gasteiger partial charge in [-0.2, -0.15) is 0 Å². The third-order valence-corrected chi connectivity index (χ3v) is 5.73. The molecule has 176 valence electrons. The summed E-state index contributed by atoms with van der Waals surface area (Å²) in [6.07, 6.45) is -1.01. The fourth-order valence-corrected chi connectivity index (χ4v) is 3.93. The first-order chi connectivity index (χ1) is 16.5. The van der Waals surface area contributed by atoms with Gasteiger partial charge in [-0.15, -0.1) is 0 Å². The summed E-state index contributed by atoms with van der Waals surface area (Å²) in [5.74, 6) is -0.497. The number of nitrogens with one attached hydrogen (secondary N) is 1. The summed E-state index contributed by atoms with van der Waals surface area (Å²) in [6, 6.07) is 18.9. The summed E-state index contributed by atoms with van der Waals surface area (Å²) in [6.45, 7) is 0.402. The van der Waals surface area contributed by atoms with Gasteiger partial charge in [-0.25, -0.2) is 4.39 Å². The van der Waals surface area contributed by atoms with Crippen molar-refractivity contribution in [1.29, 1.82) is 0 Å². The standard InChI is InChI=1S/C26H25FN2O5/c1-33-23-8-3-2-5-19(23)14-29-22(15-34-16-24(29)30)25(31)17-9-11-21(12-10-17)28-26(32)18-6-4-7-20(27)13-18/h2-13,22,25,31H,14-16H2,1H3,(H,28,32). The van der Waals surface area contributed by atoms with Crippen molar-refractivity contribution in [2.24, 2.45) is 0 Å². The number of halogens is 1. The quantitative estimate of drug-likeness (QED) is 0.559. The minimum Gasteiger partial charge on any atom is -0.496 e. The second kappa shape index (κ2) is 10.5. The van der Waals surface area contributed by atoms with Crippen molar-refractivity contribution in [1.82, 2.24) is 4.90 Å².